The van der Waals surface area contributed by atoms with Crippen LogP contribution in [-0.2, 0) is 14.4 Å². The predicted molar refractivity (Wildman–Crippen MR) is 82.9 cm³/mol. The molecule has 0 aliphatic carbocycles. The van der Waals surface area contributed by atoms with Gasteiger partial charge in [0.25, 0.3) is 0 Å². The third kappa shape index (κ3) is 2.35. The summed E-state index contributed by atoms with van der Waals surface area (Å²) in [6, 6.07) is 3.06. The summed E-state index contributed by atoms with van der Waals surface area (Å²) in [5.74, 6) is -2.20. The lowest BCUT2D eigenvalue weighted by Gasteiger charge is -2.44. The molecule has 0 radical (unpaired) electrons. The van der Waals surface area contributed by atoms with E-state index in [2.05, 4.69) is 10.1 Å². The molecular formula is C16H17N3O5. The molecule has 8 nitrogen and oxygen atoms in total. The highest BCUT2D eigenvalue weighted by Crippen LogP contribution is 2.44. The van der Waals surface area contributed by atoms with E-state index in [0.29, 0.717) is 23.3 Å². The van der Waals surface area contributed by atoms with Crippen molar-refractivity contribution in [2.45, 2.75) is 25.5 Å². The van der Waals surface area contributed by atoms with Crippen molar-refractivity contribution < 1.29 is 24.6 Å². The molecule has 24 heavy (non-hydrogen) atoms. The van der Waals surface area contributed by atoms with Gasteiger partial charge in [0.2, 0.25) is 5.91 Å². The highest BCUT2D eigenvalue weighted by atomic mass is 16.6. The van der Waals surface area contributed by atoms with Gasteiger partial charge in [0.1, 0.15) is 18.5 Å². The van der Waals surface area contributed by atoms with Gasteiger partial charge >= 0.3 is 5.97 Å². The summed E-state index contributed by atoms with van der Waals surface area (Å²) >= 11 is 0. The number of aliphatic hydroxyl groups excluding tert-OH is 1. The van der Waals surface area contributed by atoms with Gasteiger partial charge in [-0.2, -0.15) is 0 Å². The summed E-state index contributed by atoms with van der Waals surface area (Å²) in [4.78, 5) is 34.1. The minimum atomic E-state index is -1.21. The van der Waals surface area contributed by atoms with Crippen LogP contribution < -0.4 is 0 Å². The first-order chi connectivity index (χ1) is 11.5. The number of carboxylic acids is 1. The lowest BCUT2D eigenvalue weighted by Crippen LogP contribution is -2.61. The van der Waals surface area contributed by atoms with Crippen LogP contribution in [-0.4, -0.2) is 56.9 Å². The summed E-state index contributed by atoms with van der Waals surface area (Å²) in [7, 11) is 1.37. The van der Waals surface area contributed by atoms with Gasteiger partial charge in [-0.1, -0.05) is 5.16 Å². The Morgan fingerprint density at radius 1 is 1.54 bits per heavy atom. The van der Waals surface area contributed by atoms with Crippen LogP contribution in [0.2, 0.25) is 0 Å². The molecule has 0 saturated carbocycles. The van der Waals surface area contributed by atoms with E-state index in [-0.39, 0.29) is 17.6 Å². The lowest BCUT2D eigenvalue weighted by molar-refractivity contribution is -0.161. The largest absolute Gasteiger partial charge is 0.477 e. The topological polar surface area (TPSA) is 112 Å². The molecule has 3 atom stereocenters. The normalized spacial score (nSPS) is 24.5. The number of aromatic nitrogens is 1. The molecule has 0 aromatic carbocycles. The Hall–Kier alpha value is -2.74. The van der Waals surface area contributed by atoms with Crippen LogP contribution in [0.15, 0.2) is 41.0 Å². The first-order valence-electron chi connectivity index (χ1n) is 7.46. The maximum atomic E-state index is 12.2. The van der Waals surface area contributed by atoms with Crippen LogP contribution in [0, 0.1) is 5.92 Å². The van der Waals surface area contributed by atoms with E-state index in [0.717, 1.165) is 0 Å². The fourth-order valence-electron chi connectivity index (χ4n) is 3.36. The number of hydrogen-bond donors (Lipinski definition) is 2. The molecule has 2 N–H and O–H groups in total. The van der Waals surface area contributed by atoms with E-state index in [4.69, 9.17) is 4.84 Å². The Labute approximate surface area is 138 Å². The number of rotatable bonds is 5. The number of fused-ring (bicyclic) bond motifs is 1. The zero-order chi connectivity index (χ0) is 17.4. The monoisotopic (exact) mass is 331 g/mol. The molecule has 0 unspecified atom stereocenters. The maximum Gasteiger partial charge on any atom is 0.352 e. The quantitative estimate of drug-likeness (QED) is 0.458. The number of carboxylic acid groups (broad SMARTS) is 1. The molecule has 8 heteroatoms. The van der Waals surface area contributed by atoms with Gasteiger partial charge in [0.15, 0.2) is 0 Å². The predicted octanol–water partition coefficient (Wildman–Crippen LogP) is 0.382. The molecule has 3 heterocycles. The standard InChI is InChI=1S/C16H17N3O5/c1-8(20)12-11-6-10(14(16(22)23)19(11)15(12)21)13(18-24-2)9-4-3-5-17-7-9/h3-5,7-8,11-12,20H,6H2,1-2H3,(H,22,23)/b18-13+/t8-,11-,12-/m1/s1. The molecule has 1 saturated heterocycles. The molecule has 1 fully saturated rings. The second-order valence-corrected chi connectivity index (χ2v) is 5.74. The van der Waals surface area contributed by atoms with Gasteiger partial charge in [0.05, 0.1) is 18.1 Å². The number of hydrogen-bond acceptors (Lipinski definition) is 6. The molecule has 0 spiro atoms. The van der Waals surface area contributed by atoms with Crippen LogP contribution in [0.3, 0.4) is 0 Å². The minimum Gasteiger partial charge on any atom is -0.477 e. The summed E-state index contributed by atoms with van der Waals surface area (Å²) in [5, 5.41) is 23.3. The fraction of sp³-hybridized carbons (Fsp3) is 0.375. The van der Waals surface area contributed by atoms with Crippen LogP contribution >= 0.6 is 0 Å². The number of nitrogens with zero attached hydrogens (tertiary/aromatic N) is 3. The number of aliphatic carboxylic acids is 1. The van der Waals surface area contributed by atoms with E-state index in [1.807, 2.05) is 0 Å². The van der Waals surface area contributed by atoms with Gasteiger partial charge in [-0.25, -0.2) is 4.79 Å². The Bertz CT molecular complexity index is 741. The van der Waals surface area contributed by atoms with Crippen LogP contribution in [0.5, 0.6) is 0 Å². The van der Waals surface area contributed by atoms with Gasteiger partial charge in [-0.3, -0.25) is 9.78 Å². The second-order valence-electron chi connectivity index (χ2n) is 5.74. The minimum absolute atomic E-state index is 0.110. The summed E-state index contributed by atoms with van der Waals surface area (Å²) in [5.41, 5.74) is 1.21. The second kappa shape index (κ2) is 6.04. The zero-order valence-corrected chi connectivity index (χ0v) is 13.2. The molecule has 0 bridgehead atoms. The average molecular weight is 331 g/mol. The SMILES string of the molecule is CO/N=C(/C1=C(C(=O)O)N2C(=O)[C@H]([C@@H](C)O)[C@H]2C1)c1cccnc1. The van der Waals surface area contributed by atoms with E-state index >= 15 is 0 Å². The van der Waals surface area contributed by atoms with Crippen molar-refractivity contribution in [3.8, 4) is 0 Å². The van der Waals surface area contributed by atoms with E-state index in [1.165, 1.54) is 18.9 Å². The highest BCUT2D eigenvalue weighted by molar-refractivity contribution is 6.17. The zero-order valence-electron chi connectivity index (χ0n) is 13.2. The number of carbonyl (C=O) groups excluding carboxylic acids is 1. The van der Waals surface area contributed by atoms with Crippen LogP contribution in [0.1, 0.15) is 18.9 Å². The number of oxime groups is 1. The summed E-state index contributed by atoms with van der Waals surface area (Å²) in [6.07, 6.45) is 2.60. The van der Waals surface area contributed by atoms with Crippen molar-refractivity contribution in [2.24, 2.45) is 11.1 Å². The number of β-lactam (4-membered cyclic amide) rings is 1. The molecule has 2 aliphatic heterocycles. The molecule has 1 amide bonds. The number of carbonyl (C=O) groups is 2. The highest BCUT2D eigenvalue weighted by Gasteiger charge is 2.57. The van der Waals surface area contributed by atoms with Crippen molar-refractivity contribution in [1.29, 1.82) is 0 Å². The number of aliphatic hydroxyl groups is 1. The molecule has 126 valence electrons. The Morgan fingerprint density at radius 3 is 2.83 bits per heavy atom. The first-order valence-corrected chi connectivity index (χ1v) is 7.46. The van der Waals surface area contributed by atoms with Crippen molar-refractivity contribution >= 4 is 17.6 Å². The third-order valence-corrected chi connectivity index (χ3v) is 4.33. The van der Waals surface area contributed by atoms with Gasteiger partial charge in [-0.15, -0.1) is 0 Å². The smallest absolute Gasteiger partial charge is 0.352 e. The number of amides is 1. The molecule has 1 aromatic heterocycles. The average Bonchev–Trinajstić information content (AvgIpc) is 2.88. The van der Waals surface area contributed by atoms with E-state index in [1.54, 1.807) is 24.5 Å². The molecule has 1 aromatic rings. The summed E-state index contributed by atoms with van der Waals surface area (Å²) < 4.78 is 0. The Morgan fingerprint density at radius 2 is 2.29 bits per heavy atom. The molecular weight excluding hydrogens is 314 g/mol. The lowest BCUT2D eigenvalue weighted by atomic mass is 9.82. The van der Waals surface area contributed by atoms with Crippen LogP contribution in [0.25, 0.3) is 0 Å². The van der Waals surface area contributed by atoms with Crippen molar-refractivity contribution in [3.05, 3.63) is 41.4 Å². The maximum absolute atomic E-state index is 12.2. The van der Waals surface area contributed by atoms with Crippen molar-refractivity contribution in [3.63, 3.8) is 0 Å². The van der Waals surface area contributed by atoms with E-state index in [9.17, 15) is 19.8 Å². The third-order valence-electron chi connectivity index (χ3n) is 4.33. The van der Waals surface area contributed by atoms with Gasteiger partial charge in [0, 0.05) is 23.5 Å². The number of pyridine rings is 1. The Kier molecular flexibility index (Phi) is 4.06. The van der Waals surface area contributed by atoms with Crippen molar-refractivity contribution in [1.82, 2.24) is 9.88 Å². The Balaban J connectivity index is 2.07. The van der Waals surface area contributed by atoms with Crippen LogP contribution in [0.4, 0.5) is 0 Å². The fourth-order valence-corrected chi connectivity index (χ4v) is 3.36. The summed E-state index contributed by atoms with van der Waals surface area (Å²) in [6.45, 7) is 1.53. The first kappa shape index (κ1) is 16.1. The molecule has 2 aliphatic rings. The van der Waals surface area contributed by atoms with E-state index < -0.39 is 18.0 Å². The molecule has 3 rings (SSSR count). The van der Waals surface area contributed by atoms with Gasteiger partial charge in [-0.05, 0) is 25.5 Å². The van der Waals surface area contributed by atoms with Gasteiger partial charge < -0.3 is 20.0 Å². The van der Waals surface area contributed by atoms with Crippen molar-refractivity contribution in [2.75, 3.05) is 7.11 Å².